The Bertz CT molecular complexity index is 381. The van der Waals surface area contributed by atoms with Crippen molar-refractivity contribution in [3.05, 3.63) is 12.3 Å². The SMILES string of the molecule is COC(=O)/C=C/N1C(=O)N(C)OC1CC(=O)OC. The predicted molar refractivity (Wildman–Crippen MR) is 57.7 cm³/mol. The smallest absolute Gasteiger partial charge is 0.349 e. The molecule has 0 spiro atoms. The van der Waals surface area contributed by atoms with Gasteiger partial charge in [0.2, 0.25) is 0 Å². The highest BCUT2D eigenvalue weighted by atomic mass is 16.7. The van der Waals surface area contributed by atoms with Gasteiger partial charge in [-0.25, -0.2) is 19.5 Å². The van der Waals surface area contributed by atoms with Crippen molar-refractivity contribution >= 4 is 18.0 Å². The number of methoxy groups -OCH3 is 2. The molecule has 1 aliphatic heterocycles. The van der Waals surface area contributed by atoms with E-state index in [1.807, 2.05) is 0 Å². The monoisotopic (exact) mass is 258 g/mol. The maximum Gasteiger partial charge on any atom is 0.349 e. The number of rotatable bonds is 4. The van der Waals surface area contributed by atoms with E-state index in [0.717, 1.165) is 16.0 Å². The van der Waals surface area contributed by atoms with E-state index >= 15 is 0 Å². The first-order valence-corrected chi connectivity index (χ1v) is 5.05. The number of carbonyl (C=O) groups excluding carboxylic acids is 3. The summed E-state index contributed by atoms with van der Waals surface area (Å²) >= 11 is 0. The number of urea groups is 1. The molecule has 1 aliphatic rings. The van der Waals surface area contributed by atoms with Gasteiger partial charge in [-0.3, -0.25) is 9.69 Å². The second-order valence-electron chi connectivity index (χ2n) is 3.37. The van der Waals surface area contributed by atoms with Crippen LogP contribution < -0.4 is 0 Å². The summed E-state index contributed by atoms with van der Waals surface area (Å²) in [6, 6.07) is -0.496. The molecule has 0 bridgehead atoms. The summed E-state index contributed by atoms with van der Waals surface area (Å²) in [5.41, 5.74) is 0. The van der Waals surface area contributed by atoms with Crippen LogP contribution in [-0.2, 0) is 23.9 Å². The van der Waals surface area contributed by atoms with Crippen molar-refractivity contribution < 1.29 is 28.7 Å². The van der Waals surface area contributed by atoms with Gasteiger partial charge in [0.25, 0.3) is 0 Å². The van der Waals surface area contributed by atoms with Crippen LogP contribution in [0.1, 0.15) is 6.42 Å². The summed E-state index contributed by atoms with van der Waals surface area (Å²) in [6.07, 6.45) is 1.28. The van der Waals surface area contributed by atoms with E-state index in [1.165, 1.54) is 27.5 Å². The van der Waals surface area contributed by atoms with Crippen LogP contribution in [0.15, 0.2) is 12.3 Å². The van der Waals surface area contributed by atoms with Gasteiger partial charge in [-0.15, -0.1) is 0 Å². The number of amides is 2. The van der Waals surface area contributed by atoms with Crippen LogP contribution >= 0.6 is 0 Å². The predicted octanol–water partition coefficient (Wildman–Crippen LogP) is -0.139. The van der Waals surface area contributed by atoms with Gasteiger partial charge in [-0.2, -0.15) is 0 Å². The van der Waals surface area contributed by atoms with Crippen LogP contribution in [0.5, 0.6) is 0 Å². The third-order valence-corrected chi connectivity index (χ3v) is 2.22. The fourth-order valence-corrected chi connectivity index (χ4v) is 1.29. The molecule has 0 radical (unpaired) electrons. The van der Waals surface area contributed by atoms with Crippen molar-refractivity contribution in [3.8, 4) is 0 Å². The quantitative estimate of drug-likeness (QED) is 0.515. The lowest BCUT2D eigenvalue weighted by atomic mass is 10.3. The Kier molecular flexibility index (Phi) is 4.67. The van der Waals surface area contributed by atoms with Gasteiger partial charge in [0, 0.05) is 19.3 Å². The molecule has 1 heterocycles. The molecule has 8 nitrogen and oxygen atoms in total. The van der Waals surface area contributed by atoms with Gasteiger partial charge in [0.1, 0.15) is 0 Å². The Hall–Kier alpha value is -2.09. The molecule has 1 rings (SSSR count). The molecule has 1 fully saturated rings. The summed E-state index contributed by atoms with van der Waals surface area (Å²) in [5.74, 6) is -1.14. The van der Waals surface area contributed by atoms with E-state index < -0.39 is 24.2 Å². The molecule has 0 aromatic heterocycles. The highest BCUT2D eigenvalue weighted by Gasteiger charge is 2.37. The van der Waals surface area contributed by atoms with Gasteiger partial charge in [0.05, 0.1) is 20.6 Å². The minimum atomic E-state index is -0.837. The lowest BCUT2D eigenvalue weighted by Crippen LogP contribution is -2.31. The lowest BCUT2D eigenvalue weighted by Gasteiger charge is -2.15. The molecule has 0 aromatic carbocycles. The fraction of sp³-hybridized carbons (Fsp3) is 0.500. The van der Waals surface area contributed by atoms with Crippen molar-refractivity contribution in [2.75, 3.05) is 21.3 Å². The summed E-state index contributed by atoms with van der Waals surface area (Å²) in [7, 11) is 3.85. The maximum absolute atomic E-state index is 11.7. The van der Waals surface area contributed by atoms with E-state index in [1.54, 1.807) is 0 Å². The Morgan fingerprint density at radius 2 is 2.06 bits per heavy atom. The first-order chi connectivity index (χ1) is 8.49. The summed E-state index contributed by atoms with van der Waals surface area (Å²) in [5, 5.41) is 0.967. The fourth-order valence-electron chi connectivity index (χ4n) is 1.29. The number of hydroxylamine groups is 2. The van der Waals surface area contributed by atoms with Crippen molar-refractivity contribution in [1.82, 2.24) is 9.96 Å². The van der Waals surface area contributed by atoms with Gasteiger partial charge in [-0.1, -0.05) is 0 Å². The lowest BCUT2D eigenvalue weighted by molar-refractivity contribution is -0.155. The maximum atomic E-state index is 11.7. The van der Waals surface area contributed by atoms with E-state index in [0.29, 0.717) is 0 Å². The number of hydrogen-bond acceptors (Lipinski definition) is 6. The molecule has 0 saturated carbocycles. The molecule has 100 valence electrons. The normalized spacial score (nSPS) is 19.5. The minimum Gasteiger partial charge on any atom is -0.469 e. The average Bonchev–Trinajstić information content (AvgIpc) is 2.62. The molecule has 1 atom stereocenters. The average molecular weight is 258 g/mol. The number of nitrogens with zero attached hydrogens (tertiary/aromatic N) is 2. The van der Waals surface area contributed by atoms with E-state index in [2.05, 4.69) is 9.47 Å². The zero-order chi connectivity index (χ0) is 13.7. The Morgan fingerprint density at radius 1 is 1.39 bits per heavy atom. The Labute approximate surface area is 104 Å². The van der Waals surface area contributed by atoms with Crippen LogP contribution in [0.2, 0.25) is 0 Å². The second-order valence-corrected chi connectivity index (χ2v) is 3.37. The Balaban J connectivity index is 2.76. The van der Waals surface area contributed by atoms with Crippen LogP contribution in [0.25, 0.3) is 0 Å². The number of carbonyl (C=O) groups is 3. The first kappa shape index (κ1) is 14.0. The molecule has 1 unspecified atom stereocenters. The van der Waals surface area contributed by atoms with E-state index in [-0.39, 0.29) is 6.42 Å². The van der Waals surface area contributed by atoms with Gasteiger partial charge >= 0.3 is 18.0 Å². The molecule has 1 saturated heterocycles. The third-order valence-electron chi connectivity index (χ3n) is 2.22. The highest BCUT2D eigenvalue weighted by Crippen LogP contribution is 2.19. The minimum absolute atomic E-state index is 0.141. The topological polar surface area (TPSA) is 85.4 Å². The van der Waals surface area contributed by atoms with Crippen LogP contribution in [0.4, 0.5) is 4.79 Å². The largest absolute Gasteiger partial charge is 0.469 e. The van der Waals surface area contributed by atoms with E-state index in [9.17, 15) is 14.4 Å². The molecule has 0 N–H and O–H groups in total. The Morgan fingerprint density at radius 3 is 2.61 bits per heavy atom. The zero-order valence-corrected chi connectivity index (χ0v) is 10.3. The van der Waals surface area contributed by atoms with Crippen molar-refractivity contribution in [2.24, 2.45) is 0 Å². The first-order valence-electron chi connectivity index (χ1n) is 5.05. The summed E-state index contributed by atoms with van der Waals surface area (Å²) in [4.78, 5) is 40.0. The molecular formula is C10H14N2O6. The number of esters is 2. The van der Waals surface area contributed by atoms with Crippen molar-refractivity contribution in [3.63, 3.8) is 0 Å². The standard InChI is InChI=1S/C10H14N2O6/c1-11-10(15)12(5-4-8(13)16-2)7(18-11)6-9(14)17-3/h4-5,7H,6H2,1-3H3/b5-4+. The van der Waals surface area contributed by atoms with Crippen LogP contribution in [0.3, 0.4) is 0 Å². The molecule has 8 heteroatoms. The number of hydrogen-bond donors (Lipinski definition) is 0. The van der Waals surface area contributed by atoms with E-state index in [4.69, 9.17) is 4.84 Å². The van der Waals surface area contributed by atoms with Crippen molar-refractivity contribution in [2.45, 2.75) is 12.6 Å². The highest BCUT2D eigenvalue weighted by molar-refractivity contribution is 5.83. The molecular weight excluding hydrogens is 244 g/mol. The molecule has 0 aromatic rings. The van der Waals surface area contributed by atoms with Gasteiger partial charge < -0.3 is 9.47 Å². The molecule has 18 heavy (non-hydrogen) atoms. The van der Waals surface area contributed by atoms with Gasteiger partial charge in [-0.05, 0) is 0 Å². The molecule has 2 amide bonds. The molecule has 0 aliphatic carbocycles. The van der Waals surface area contributed by atoms with Gasteiger partial charge in [0.15, 0.2) is 6.23 Å². The second kappa shape index (κ2) is 6.01. The zero-order valence-electron chi connectivity index (χ0n) is 10.3. The van der Waals surface area contributed by atoms with Crippen LogP contribution in [-0.4, -0.2) is 55.4 Å². The van der Waals surface area contributed by atoms with Crippen molar-refractivity contribution in [1.29, 1.82) is 0 Å². The summed E-state index contributed by atoms with van der Waals surface area (Å²) < 4.78 is 8.89. The summed E-state index contributed by atoms with van der Waals surface area (Å²) in [6.45, 7) is 0. The van der Waals surface area contributed by atoms with Crippen LogP contribution in [0, 0.1) is 0 Å². The third kappa shape index (κ3) is 3.20. The number of ether oxygens (including phenoxy) is 2.